The number of benzene rings is 1. The van der Waals surface area contributed by atoms with Crippen LogP contribution in [0, 0.1) is 0 Å². The van der Waals surface area contributed by atoms with Crippen LogP contribution in [0.5, 0.6) is 0 Å². The number of amides is 1. The third-order valence-corrected chi connectivity index (χ3v) is 7.52. The molecular weight excluding hydrogens is 456 g/mol. The number of nitrogens with one attached hydrogen (secondary N) is 2. The van der Waals surface area contributed by atoms with Crippen molar-refractivity contribution in [2.45, 2.75) is 50.5 Å². The minimum atomic E-state index is -0.610. The molecule has 0 spiro atoms. The van der Waals surface area contributed by atoms with E-state index >= 15 is 0 Å². The molecule has 2 aromatic heterocycles. The van der Waals surface area contributed by atoms with E-state index in [0.717, 1.165) is 41.7 Å². The molecule has 0 radical (unpaired) electrons. The lowest BCUT2D eigenvalue weighted by Gasteiger charge is -2.39. The molecule has 2 N–H and O–H groups in total. The molecule has 4 atom stereocenters. The van der Waals surface area contributed by atoms with Gasteiger partial charge in [0.2, 0.25) is 5.95 Å². The van der Waals surface area contributed by atoms with Crippen LogP contribution in [0.3, 0.4) is 0 Å². The standard InChI is InChI=1S/C27H32N6O3/c1-16-12-29-15-27(2,36-16)23-21-9-10-22(17-5-4-6-18(11-17)25(34)28-3)30-24(21)32-26(31-23)33-19-7-8-20(33)14-35-13-19/h4-6,9-11,16,19-20,29H,7-8,12-15H2,1-3H3,(H,28,34)/t16-,19?,20?,27+/m1/s1. The van der Waals surface area contributed by atoms with E-state index in [1.807, 2.05) is 30.3 Å². The number of morpholine rings is 2. The van der Waals surface area contributed by atoms with Crippen LogP contribution in [-0.4, -0.2) is 72.4 Å². The second kappa shape index (κ2) is 9.06. The molecule has 0 aliphatic carbocycles. The lowest BCUT2D eigenvalue weighted by molar-refractivity contribution is -0.104. The molecule has 6 rings (SSSR count). The first-order valence-electron chi connectivity index (χ1n) is 12.7. The summed E-state index contributed by atoms with van der Waals surface area (Å²) < 4.78 is 12.3. The predicted molar refractivity (Wildman–Crippen MR) is 137 cm³/mol. The van der Waals surface area contributed by atoms with Crippen molar-refractivity contribution in [1.82, 2.24) is 25.6 Å². The third kappa shape index (κ3) is 4.01. The normalized spacial score (nSPS) is 27.9. The highest BCUT2D eigenvalue weighted by Gasteiger charge is 2.41. The van der Waals surface area contributed by atoms with E-state index in [0.29, 0.717) is 36.9 Å². The van der Waals surface area contributed by atoms with Crippen LogP contribution in [0.2, 0.25) is 0 Å². The van der Waals surface area contributed by atoms with Gasteiger partial charge in [0, 0.05) is 36.7 Å². The molecule has 3 fully saturated rings. The number of fused-ring (bicyclic) bond motifs is 3. The zero-order valence-corrected chi connectivity index (χ0v) is 21.0. The molecule has 1 aromatic carbocycles. The fourth-order valence-corrected chi connectivity index (χ4v) is 5.78. The first kappa shape index (κ1) is 23.3. The number of ether oxygens (including phenoxy) is 2. The van der Waals surface area contributed by atoms with Crippen LogP contribution in [0.25, 0.3) is 22.3 Å². The summed E-state index contributed by atoms with van der Waals surface area (Å²) in [5, 5.41) is 7.06. The van der Waals surface area contributed by atoms with Gasteiger partial charge in [0.25, 0.3) is 5.91 Å². The predicted octanol–water partition coefficient (Wildman–Crippen LogP) is 2.64. The maximum Gasteiger partial charge on any atom is 0.251 e. The molecule has 3 saturated heterocycles. The number of carbonyl (C=O) groups is 1. The Balaban J connectivity index is 1.50. The van der Waals surface area contributed by atoms with Gasteiger partial charge in [-0.05, 0) is 51.0 Å². The van der Waals surface area contributed by atoms with Crippen LogP contribution in [0.1, 0.15) is 42.7 Å². The van der Waals surface area contributed by atoms with Gasteiger partial charge in [-0.15, -0.1) is 0 Å². The minimum absolute atomic E-state index is 0.0662. The largest absolute Gasteiger partial charge is 0.377 e. The van der Waals surface area contributed by atoms with Crippen molar-refractivity contribution in [2.75, 3.05) is 38.3 Å². The molecule has 9 nitrogen and oxygen atoms in total. The van der Waals surface area contributed by atoms with Crippen molar-refractivity contribution in [3.63, 3.8) is 0 Å². The summed E-state index contributed by atoms with van der Waals surface area (Å²) in [6.45, 7) is 7.03. The molecule has 3 aliphatic rings. The maximum absolute atomic E-state index is 12.2. The molecule has 188 valence electrons. The molecule has 9 heteroatoms. The summed E-state index contributed by atoms with van der Waals surface area (Å²) in [6.07, 6.45) is 2.22. The Hall–Kier alpha value is -3.14. The smallest absolute Gasteiger partial charge is 0.251 e. The molecular formula is C27H32N6O3. The Bertz CT molecular complexity index is 1300. The molecule has 5 heterocycles. The zero-order chi connectivity index (χ0) is 24.9. The molecule has 1 amide bonds. The Labute approximate surface area is 210 Å². The first-order valence-corrected chi connectivity index (χ1v) is 12.7. The number of nitrogens with zero attached hydrogens (tertiary/aromatic N) is 4. The van der Waals surface area contributed by atoms with Gasteiger partial charge >= 0.3 is 0 Å². The minimum Gasteiger partial charge on any atom is -0.377 e. The average Bonchev–Trinajstić information content (AvgIpc) is 3.15. The third-order valence-electron chi connectivity index (χ3n) is 7.52. The quantitative estimate of drug-likeness (QED) is 0.578. The van der Waals surface area contributed by atoms with E-state index in [9.17, 15) is 4.79 Å². The van der Waals surface area contributed by atoms with Gasteiger partial charge in [-0.1, -0.05) is 12.1 Å². The molecule has 2 unspecified atom stereocenters. The van der Waals surface area contributed by atoms with Gasteiger partial charge in [-0.3, -0.25) is 4.79 Å². The monoisotopic (exact) mass is 488 g/mol. The summed E-state index contributed by atoms with van der Waals surface area (Å²) in [5.41, 5.74) is 3.09. The molecule has 0 saturated carbocycles. The van der Waals surface area contributed by atoms with Crippen molar-refractivity contribution < 1.29 is 14.3 Å². The molecule has 3 aromatic rings. The Morgan fingerprint density at radius 2 is 1.94 bits per heavy atom. The molecule has 36 heavy (non-hydrogen) atoms. The van der Waals surface area contributed by atoms with Crippen LogP contribution >= 0.6 is 0 Å². The van der Waals surface area contributed by atoms with E-state index in [1.54, 1.807) is 13.1 Å². The second-order valence-corrected chi connectivity index (χ2v) is 10.2. The fraction of sp³-hybridized carbons (Fsp3) is 0.481. The second-order valence-electron chi connectivity index (χ2n) is 10.2. The van der Waals surface area contributed by atoms with Gasteiger partial charge in [0.05, 0.1) is 42.8 Å². The highest BCUT2D eigenvalue weighted by Crippen LogP contribution is 2.37. The van der Waals surface area contributed by atoms with Gasteiger partial charge in [0.15, 0.2) is 5.65 Å². The van der Waals surface area contributed by atoms with Gasteiger partial charge < -0.3 is 25.0 Å². The van der Waals surface area contributed by atoms with Crippen LogP contribution < -0.4 is 15.5 Å². The van der Waals surface area contributed by atoms with Gasteiger partial charge in [-0.25, -0.2) is 9.97 Å². The number of aromatic nitrogens is 3. The summed E-state index contributed by atoms with van der Waals surface area (Å²) in [5.74, 6) is 0.566. The van der Waals surface area contributed by atoms with E-state index in [-0.39, 0.29) is 24.1 Å². The number of carbonyl (C=O) groups excluding carboxylic acids is 1. The van der Waals surface area contributed by atoms with E-state index in [2.05, 4.69) is 29.4 Å². The number of rotatable bonds is 4. The SMILES string of the molecule is CNC(=O)c1cccc(-c2ccc3c([C@]4(C)CNC[C@@H](C)O4)nc(N4C5CCC4COC5)nc3n2)c1. The van der Waals surface area contributed by atoms with Gasteiger partial charge in [-0.2, -0.15) is 4.98 Å². The summed E-state index contributed by atoms with van der Waals surface area (Å²) in [6, 6.07) is 12.0. The highest BCUT2D eigenvalue weighted by atomic mass is 16.5. The molecule has 2 bridgehead atoms. The van der Waals surface area contributed by atoms with E-state index < -0.39 is 5.60 Å². The summed E-state index contributed by atoms with van der Waals surface area (Å²) >= 11 is 0. The van der Waals surface area contributed by atoms with Crippen molar-refractivity contribution in [1.29, 1.82) is 0 Å². The number of hydrogen-bond donors (Lipinski definition) is 2. The van der Waals surface area contributed by atoms with Crippen molar-refractivity contribution >= 4 is 22.9 Å². The van der Waals surface area contributed by atoms with Crippen molar-refractivity contribution in [2.24, 2.45) is 0 Å². The lowest BCUT2D eigenvalue weighted by atomic mass is 9.96. The number of anilines is 1. The Kier molecular flexibility index (Phi) is 5.86. The summed E-state index contributed by atoms with van der Waals surface area (Å²) in [4.78, 5) is 29.7. The Morgan fingerprint density at radius 3 is 2.69 bits per heavy atom. The fourth-order valence-electron chi connectivity index (χ4n) is 5.78. The molecule has 3 aliphatic heterocycles. The lowest BCUT2D eigenvalue weighted by Crippen LogP contribution is -2.50. The zero-order valence-electron chi connectivity index (χ0n) is 21.0. The maximum atomic E-state index is 12.2. The van der Waals surface area contributed by atoms with Crippen molar-refractivity contribution in [3.05, 3.63) is 47.7 Å². The van der Waals surface area contributed by atoms with Crippen LogP contribution in [-0.2, 0) is 15.1 Å². The Morgan fingerprint density at radius 1 is 1.14 bits per heavy atom. The first-order chi connectivity index (χ1) is 17.4. The number of hydrogen-bond acceptors (Lipinski definition) is 8. The number of pyridine rings is 1. The van der Waals surface area contributed by atoms with Gasteiger partial charge in [0.1, 0.15) is 5.60 Å². The highest BCUT2D eigenvalue weighted by molar-refractivity contribution is 5.95. The summed E-state index contributed by atoms with van der Waals surface area (Å²) in [7, 11) is 1.63. The van der Waals surface area contributed by atoms with Crippen molar-refractivity contribution in [3.8, 4) is 11.3 Å². The van der Waals surface area contributed by atoms with Crippen LogP contribution in [0.15, 0.2) is 36.4 Å². The van der Waals surface area contributed by atoms with E-state index in [1.165, 1.54) is 0 Å². The van der Waals surface area contributed by atoms with Crippen LogP contribution in [0.4, 0.5) is 5.95 Å². The van der Waals surface area contributed by atoms with E-state index in [4.69, 9.17) is 24.4 Å². The average molecular weight is 489 g/mol. The topological polar surface area (TPSA) is 102 Å².